The Morgan fingerprint density at radius 2 is 2.04 bits per heavy atom. The summed E-state index contributed by atoms with van der Waals surface area (Å²) < 4.78 is 13.7. The van der Waals surface area contributed by atoms with E-state index >= 15 is 0 Å². The first-order chi connectivity index (χ1) is 12.2. The minimum atomic E-state index is -0.742. The standard InChI is InChI=1S/C19H26N2O4/c22-19(23)9-5-2-6-12-25-18(13-21-11-10-20-16-21)15-24-14-17-7-3-1-4-8-17/h1,3-4,7-8,10-11,16,18H,2,5-6,9,12-15H2,(H,22,23). The normalized spacial score (nSPS) is 12.2. The van der Waals surface area contributed by atoms with Crippen LogP contribution >= 0.6 is 0 Å². The van der Waals surface area contributed by atoms with Gasteiger partial charge < -0.3 is 19.1 Å². The van der Waals surface area contributed by atoms with E-state index in [9.17, 15) is 4.79 Å². The zero-order valence-corrected chi connectivity index (χ0v) is 14.4. The van der Waals surface area contributed by atoms with E-state index in [2.05, 4.69) is 4.98 Å². The molecule has 1 aromatic heterocycles. The lowest BCUT2D eigenvalue weighted by Gasteiger charge is -2.19. The first kappa shape index (κ1) is 19.1. The van der Waals surface area contributed by atoms with Crippen LogP contribution in [0.2, 0.25) is 0 Å². The number of hydrogen-bond acceptors (Lipinski definition) is 4. The fourth-order valence-corrected chi connectivity index (χ4v) is 2.47. The molecule has 1 aromatic carbocycles. The number of carbonyl (C=O) groups is 1. The lowest BCUT2D eigenvalue weighted by Crippen LogP contribution is -2.25. The maximum atomic E-state index is 10.5. The van der Waals surface area contributed by atoms with Gasteiger partial charge >= 0.3 is 5.97 Å². The summed E-state index contributed by atoms with van der Waals surface area (Å²) in [7, 11) is 0. The van der Waals surface area contributed by atoms with E-state index in [1.165, 1.54) is 0 Å². The van der Waals surface area contributed by atoms with Crippen LogP contribution in [0.5, 0.6) is 0 Å². The van der Waals surface area contributed by atoms with Gasteiger partial charge in [0.05, 0.1) is 32.2 Å². The van der Waals surface area contributed by atoms with Gasteiger partial charge in [-0.2, -0.15) is 0 Å². The lowest BCUT2D eigenvalue weighted by molar-refractivity contribution is -0.137. The van der Waals surface area contributed by atoms with E-state index < -0.39 is 5.97 Å². The Morgan fingerprint density at radius 1 is 1.20 bits per heavy atom. The van der Waals surface area contributed by atoms with Gasteiger partial charge in [0.15, 0.2) is 0 Å². The zero-order valence-electron chi connectivity index (χ0n) is 14.4. The van der Waals surface area contributed by atoms with E-state index in [0.717, 1.165) is 18.4 Å². The summed E-state index contributed by atoms with van der Waals surface area (Å²) in [6.07, 6.45) is 7.97. The minimum Gasteiger partial charge on any atom is -0.481 e. The number of aliphatic carboxylic acids is 1. The Kier molecular flexibility index (Phi) is 8.72. The van der Waals surface area contributed by atoms with Gasteiger partial charge in [-0.25, -0.2) is 4.98 Å². The molecule has 0 saturated heterocycles. The Hall–Kier alpha value is -2.18. The molecule has 1 heterocycles. The maximum Gasteiger partial charge on any atom is 0.303 e. The average molecular weight is 346 g/mol. The second kappa shape index (κ2) is 11.4. The van der Waals surface area contributed by atoms with Crippen molar-refractivity contribution in [2.75, 3.05) is 13.2 Å². The van der Waals surface area contributed by atoms with E-state index in [1.54, 1.807) is 12.5 Å². The summed E-state index contributed by atoms with van der Waals surface area (Å²) in [5.74, 6) is -0.742. The molecule has 1 atom stereocenters. The van der Waals surface area contributed by atoms with Crippen molar-refractivity contribution >= 4 is 5.97 Å². The molecule has 0 spiro atoms. The molecular weight excluding hydrogens is 320 g/mol. The zero-order chi connectivity index (χ0) is 17.7. The van der Waals surface area contributed by atoms with Gasteiger partial charge in [-0.15, -0.1) is 0 Å². The Bertz CT molecular complexity index is 587. The third kappa shape index (κ3) is 8.47. The van der Waals surface area contributed by atoms with Crippen molar-refractivity contribution in [3.63, 3.8) is 0 Å². The van der Waals surface area contributed by atoms with E-state index in [4.69, 9.17) is 14.6 Å². The van der Waals surface area contributed by atoms with Crippen LogP contribution in [0.4, 0.5) is 0 Å². The largest absolute Gasteiger partial charge is 0.481 e. The second-order valence-corrected chi connectivity index (χ2v) is 5.96. The van der Waals surface area contributed by atoms with E-state index in [1.807, 2.05) is 41.1 Å². The second-order valence-electron chi connectivity index (χ2n) is 5.96. The topological polar surface area (TPSA) is 73.6 Å². The van der Waals surface area contributed by atoms with Gasteiger partial charge in [0, 0.05) is 25.4 Å². The van der Waals surface area contributed by atoms with E-state index in [-0.39, 0.29) is 12.5 Å². The summed E-state index contributed by atoms with van der Waals surface area (Å²) in [5, 5.41) is 8.64. The monoisotopic (exact) mass is 346 g/mol. The number of carboxylic acid groups (broad SMARTS) is 1. The molecule has 0 aliphatic heterocycles. The Labute approximate surface area is 148 Å². The number of hydrogen-bond donors (Lipinski definition) is 1. The summed E-state index contributed by atoms with van der Waals surface area (Å²) >= 11 is 0. The Balaban J connectivity index is 1.70. The van der Waals surface area contributed by atoms with Crippen LogP contribution in [-0.2, 0) is 27.4 Å². The van der Waals surface area contributed by atoms with Crippen molar-refractivity contribution in [2.24, 2.45) is 0 Å². The smallest absolute Gasteiger partial charge is 0.303 e. The van der Waals surface area contributed by atoms with Crippen LogP contribution in [0, 0.1) is 0 Å². The van der Waals surface area contributed by atoms with E-state index in [0.29, 0.717) is 32.8 Å². The number of aromatic nitrogens is 2. The fourth-order valence-electron chi connectivity index (χ4n) is 2.47. The van der Waals surface area contributed by atoms with Gasteiger partial charge in [0.25, 0.3) is 0 Å². The van der Waals surface area contributed by atoms with Gasteiger partial charge in [-0.1, -0.05) is 36.8 Å². The molecule has 0 bridgehead atoms. The average Bonchev–Trinajstić information content (AvgIpc) is 3.11. The summed E-state index contributed by atoms with van der Waals surface area (Å²) in [4.78, 5) is 14.5. The summed E-state index contributed by atoms with van der Waals surface area (Å²) in [6.45, 7) is 2.35. The predicted octanol–water partition coefficient (Wildman–Crippen LogP) is 3.13. The van der Waals surface area contributed by atoms with Crippen molar-refractivity contribution in [2.45, 2.75) is 44.9 Å². The first-order valence-electron chi connectivity index (χ1n) is 8.65. The molecule has 0 amide bonds. The molecule has 6 nitrogen and oxygen atoms in total. The molecular formula is C19H26N2O4. The van der Waals surface area contributed by atoms with Crippen LogP contribution in [0.15, 0.2) is 49.1 Å². The molecule has 25 heavy (non-hydrogen) atoms. The molecule has 2 aromatic rings. The van der Waals surface area contributed by atoms with Crippen molar-refractivity contribution in [3.05, 3.63) is 54.6 Å². The number of benzene rings is 1. The quantitative estimate of drug-likeness (QED) is 0.564. The molecule has 0 aliphatic carbocycles. The number of unbranched alkanes of at least 4 members (excludes halogenated alkanes) is 2. The number of imidazole rings is 1. The molecule has 1 N–H and O–H groups in total. The Morgan fingerprint density at radius 3 is 2.76 bits per heavy atom. The molecule has 1 unspecified atom stereocenters. The van der Waals surface area contributed by atoms with Gasteiger partial charge in [-0.05, 0) is 18.4 Å². The predicted molar refractivity (Wildman–Crippen MR) is 94.2 cm³/mol. The van der Waals surface area contributed by atoms with Crippen molar-refractivity contribution in [3.8, 4) is 0 Å². The number of ether oxygens (including phenoxy) is 2. The maximum absolute atomic E-state index is 10.5. The number of nitrogens with zero attached hydrogens (tertiary/aromatic N) is 2. The van der Waals surface area contributed by atoms with Gasteiger partial charge in [0.2, 0.25) is 0 Å². The number of carboxylic acids is 1. The molecule has 136 valence electrons. The summed E-state index contributed by atoms with van der Waals surface area (Å²) in [6, 6.07) is 10.0. The lowest BCUT2D eigenvalue weighted by atomic mass is 10.2. The van der Waals surface area contributed by atoms with Crippen molar-refractivity contribution in [1.82, 2.24) is 9.55 Å². The van der Waals surface area contributed by atoms with Crippen LogP contribution in [-0.4, -0.2) is 39.9 Å². The van der Waals surface area contributed by atoms with Crippen LogP contribution < -0.4 is 0 Å². The van der Waals surface area contributed by atoms with Crippen LogP contribution in [0.1, 0.15) is 31.2 Å². The van der Waals surface area contributed by atoms with Crippen molar-refractivity contribution in [1.29, 1.82) is 0 Å². The third-order valence-corrected chi connectivity index (χ3v) is 3.78. The highest BCUT2D eigenvalue weighted by Gasteiger charge is 2.11. The molecule has 0 fully saturated rings. The first-order valence-corrected chi connectivity index (χ1v) is 8.65. The van der Waals surface area contributed by atoms with Gasteiger partial charge in [-0.3, -0.25) is 4.79 Å². The van der Waals surface area contributed by atoms with Gasteiger partial charge in [0.1, 0.15) is 0 Å². The third-order valence-electron chi connectivity index (χ3n) is 3.78. The molecule has 2 rings (SSSR count). The minimum absolute atomic E-state index is 0.0580. The highest BCUT2D eigenvalue weighted by Crippen LogP contribution is 2.06. The SMILES string of the molecule is O=C(O)CCCCCOC(COCc1ccccc1)Cn1ccnc1. The highest BCUT2D eigenvalue weighted by atomic mass is 16.5. The van der Waals surface area contributed by atoms with Crippen molar-refractivity contribution < 1.29 is 19.4 Å². The molecule has 0 aliphatic rings. The number of rotatable bonds is 13. The molecule has 0 saturated carbocycles. The summed E-state index contributed by atoms with van der Waals surface area (Å²) in [5.41, 5.74) is 1.14. The fraction of sp³-hybridized carbons (Fsp3) is 0.474. The van der Waals surface area contributed by atoms with Crippen LogP contribution in [0.3, 0.4) is 0 Å². The van der Waals surface area contributed by atoms with Crippen LogP contribution in [0.25, 0.3) is 0 Å². The molecule has 0 radical (unpaired) electrons. The molecule has 6 heteroatoms. The highest BCUT2D eigenvalue weighted by molar-refractivity contribution is 5.66.